The average molecular weight is 557 g/mol. The van der Waals surface area contributed by atoms with Crippen molar-refractivity contribution >= 4 is 73.8 Å². The lowest BCUT2D eigenvalue weighted by molar-refractivity contribution is -0.140. The summed E-state index contributed by atoms with van der Waals surface area (Å²) in [5.74, 6) is 0.371. The Morgan fingerprint density at radius 1 is 1.28 bits per heavy atom. The minimum absolute atomic E-state index is 0.0764. The molecule has 2 aromatic rings. The number of hydrogen-bond donors (Lipinski definition) is 0. The summed E-state index contributed by atoms with van der Waals surface area (Å²) >= 11 is 16.2. The van der Waals surface area contributed by atoms with Crippen LogP contribution in [0.1, 0.15) is 17.5 Å². The molecule has 3 rings (SSSR count). The first-order chi connectivity index (χ1) is 15.3. The van der Waals surface area contributed by atoms with Crippen LogP contribution < -0.4 is 9.47 Å². The molecule has 2 aromatic carbocycles. The van der Waals surface area contributed by atoms with Crippen LogP contribution in [0, 0.1) is 0 Å². The van der Waals surface area contributed by atoms with Crippen molar-refractivity contribution in [1.29, 1.82) is 0 Å². The van der Waals surface area contributed by atoms with Crippen LogP contribution in [-0.4, -0.2) is 41.9 Å². The SMILES string of the molecule is COC(=O)CCN1C(=O)/C(=C/c2cc(Br)c(OCc3ccccc3Cl)c(OC)c2)SC1=S. The third-order valence-corrected chi connectivity index (χ3v) is 6.86. The number of amides is 1. The Bertz CT molecular complexity index is 1090. The van der Waals surface area contributed by atoms with Gasteiger partial charge in [-0.05, 0) is 45.8 Å². The molecule has 0 unspecified atom stereocenters. The number of esters is 1. The van der Waals surface area contributed by atoms with Gasteiger partial charge in [0.05, 0.1) is 30.0 Å². The van der Waals surface area contributed by atoms with Crippen LogP contribution in [-0.2, 0) is 20.9 Å². The zero-order valence-corrected chi connectivity index (χ0v) is 21.2. The summed E-state index contributed by atoms with van der Waals surface area (Å²) in [5.41, 5.74) is 1.58. The molecule has 0 bridgehead atoms. The van der Waals surface area contributed by atoms with Crippen molar-refractivity contribution in [3.05, 3.63) is 61.9 Å². The number of rotatable bonds is 8. The molecule has 0 saturated carbocycles. The normalized spacial score (nSPS) is 14.8. The Hall–Kier alpha value is -2.07. The Labute approximate surface area is 209 Å². The number of carbonyl (C=O) groups excluding carboxylic acids is 2. The van der Waals surface area contributed by atoms with E-state index in [2.05, 4.69) is 20.7 Å². The quantitative estimate of drug-likeness (QED) is 0.243. The van der Waals surface area contributed by atoms with E-state index in [1.165, 1.54) is 23.8 Å². The van der Waals surface area contributed by atoms with Gasteiger partial charge in [-0.15, -0.1) is 0 Å². The van der Waals surface area contributed by atoms with Gasteiger partial charge in [0.25, 0.3) is 5.91 Å². The number of carbonyl (C=O) groups is 2. The fourth-order valence-corrected chi connectivity index (χ4v) is 4.95. The third-order valence-electron chi connectivity index (χ3n) is 4.52. The lowest BCUT2D eigenvalue weighted by Gasteiger charge is -2.14. The summed E-state index contributed by atoms with van der Waals surface area (Å²) in [5, 5.41) is 0.619. The second kappa shape index (κ2) is 11.2. The number of thiocarbonyl (C=S) groups is 1. The minimum atomic E-state index is -0.399. The van der Waals surface area contributed by atoms with Gasteiger partial charge in [0.2, 0.25) is 0 Å². The maximum Gasteiger partial charge on any atom is 0.307 e. The number of halogens is 2. The van der Waals surface area contributed by atoms with Crippen LogP contribution in [0.15, 0.2) is 45.8 Å². The number of nitrogens with zero attached hydrogens (tertiary/aromatic N) is 1. The van der Waals surface area contributed by atoms with Crippen LogP contribution in [0.25, 0.3) is 6.08 Å². The van der Waals surface area contributed by atoms with E-state index >= 15 is 0 Å². The van der Waals surface area contributed by atoms with E-state index < -0.39 is 5.97 Å². The highest BCUT2D eigenvalue weighted by Gasteiger charge is 2.32. The van der Waals surface area contributed by atoms with E-state index in [4.69, 9.17) is 33.3 Å². The third kappa shape index (κ3) is 5.83. The predicted octanol–water partition coefficient (Wildman–Crippen LogP) is 5.45. The molecule has 0 atom stereocenters. The highest BCUT2D eigenvalue weighted by atomic mass is 79.9. The molecule has 1 heterocycles. The van der Waals surface area contributed by atoms with Crippen LogP contribution in [0.4, 0.5) is 0 Å². The van der Waals surface area contributed by atoms with Gasteiger partial charge in [-0.1, -0.05) is 53.8 Å². The molecular weight excluding hydrogens is 538 g/mol. The first-order valence-electron chi connectivity index (χ1n) is 9.40. The van der Waals surface area contributed by atoms with Crippen LogP contribution in [0.2, 0.25) is 5.02 Å². The first kappa shape index (κ1) is 24.6. The second-order valence-electron chi connectivity index (χ2n) is 6.57. The number of methoxy groups -OCH3 is 2. The summed E-state index contributed by atoms with van der Waals surface area (Å²) in [6.07, 6.45) is 1.80. The molecule has 1 saturated heterocycles. The molecule has 0 N–H and O–H groups in total. The zero-order valence-electron chi connectivity index (χ0n) is 17.2. The zero-order chi connectivity index (χ0) is 23.3. The average Bonchev–Trinajstić information content (AvgIpc) is 3.04. The number of benzene rings is 2. The van der Waals surface area contributed by atoms with E-state index in [1.807, 2.05) is 24.3 Å². The highest BCUT2D eigenvalue weighted by Crippen LogP contribution is 2.39. The van der Waals surface area contributed by atoms with Crippen molar-refractivity contribution < 1.29 is 23.8 Å². The fraction of sp³-hybridized carbons (Fsp3) is 0.227. The molecular formula is C22H19BrClNO5S2. The Morgan fingerprint density at radius 3 is 2.72 bits per heavy atom. The van der Waals surface area contributed by atoms with E-state index in [9.17, 15) is 9.59 Å². The molecule has 10 heteroatoms. The van der Waals surface area contributed by atoms with Gasteiger partial charge in [-0.25, -0.2) is 0 Å². The van der Waals surface area contributed by atoms with Crippen molar-refractivity contribution in [2.45, 2.75) is 13.0 Å². The van der Waals surface area contributed by atoms with Crippen LogP contribution >= 0.6 is 51.5 Å². The molecule has 1 amide bonds. The van der Waals surface area contributed by atoms with Crippen molar-refractivity contribution in [3.8, 4) is 11.5 Å². The molecule has 0 aromatic heterocycles. The molecule has 1 fully saturated rings. The monoisotopic (exact) mass is 555 g/mol. The van der Waals surface area contributed by atoms with Gasteiger partial charge in [0, 0.05) is 17.1 Å². The molecule has 6 nitrogen and oxygen atoms in total. The lowest BCUT2D eigenvalue weighted by Crippen LogP contribution is -2.30. The molecule has 0 aliphatic carbocycles. The molecule has 1 aliphatic rings. The second-order valence-corrected chi connectivity index (χ2v) is 9.51. The van der Waals surface area contributed by atoms with E-state index in [0.29, 0.717) is 30.2 Å². The standard InChI is InChI=1S/C22H19BrClNO5S2/c1-28-17-10-13(9-15(23)20(17)30-12-14-5-3-4-6-16(14)24)11-18-21(27)25(22(31)32-18)8-7-19(26)29-2/h3-6,9-11H,7-8,12H2,1-2H3/b18-11-. The largest absolute Gasteiger partial charge is 0.493 e. The lowest BCUT2D eigenvalue weighted by atomic mass is 10.1. The van der Waals surface area contributed by atoms with E-state index in [0.717, 1.165) is 11.1 Å². The summed E-state index contributed by atoms with van der Waals surface area (Å²) in [7, 11) is 2.85. The van der Waals surface area contributed by atoms with Gasteiger partial charge in [0.15, 0.2) is 11.5 Å². The summed E-state index contributed by atoms with van der Waals surface area (Å²) < 4.78 is 17.1. The van der Waals surface area contributed by atoms with Gasteiger partial charge >= 0.3 is 5.97 Å². The Balaban J connectivity index is 1.79. The Kier molecular flexibility index (Phi) is 8.58. The first-order valence-corrected chi connectivity index (χ1v) is 11.8. The fourth-order valence-electron chi connectivity index (χ4n) is 2.88. The molecule has 168 valence electrons. The minimum Gasteiger partial charge on any atom is -0.493 e. The van der Waals surface area contributed by atoms with Crippen molar-refractivity contribution in [2.24, 2.45) is 0 Å². The smallest absolute Gasteiger partial charge is 0.307 e. The molecule has 1 aliphatic heterocycles. The summed E-state index contributed by atoms with van der Waals surface area (Å²) in [4.78, 5) is 26.0. The number of hydrogen-bond acceptors (Lipinski definition) is 7. The van der Waals surface area contributed by atoms with Crippen molar-refractivity contribution in [2.75, 3.05) is 20.8 Å². The molecule has 0 radical (unpaired) electrons. The maximum atomic E-state index is 12.7. The molecule has 32 heavy (non-hydrogen) atoms. The molecule has 0 spiro atoms. The predicted molar refractivity (Wildman–Crippen MR) is 133 cm³/mol. The highest BCUT2D eigenvalue weighted by molar-refractivity contribution is 9.10. The maximum absolute atomic E-state index is 12.7. The summed E-state index contributed by atoms with van der Waals surface area (Å²) in [6, 6.07) is 11.0. The van der Waals surface area contributed by atoms with Gasteiger partial charge in [-0.2, -0.15) is 0 Å². The van der Waals surface area contributed by atoms with Crippen molar-refractivity contribution in [3.63, 3.8) is 0 Å². The van der Waals surface area contributed by atoms with Gasteiger partial charge in [0.1, 0.15) is 10.9 Å². The van der Waals surface area contributed by atoms with Crippen LogP contribution in [0.3, 0.4) is 0 Å². The van der Waals surface area contributed by atoms with Gasteiger partial charge < -0.3 is 14.2 Å². The van der Waals surface area contributed by atoms with Gasteiger partial charge in [-0.3, -0.25) is 14.5 Å². The summed E-state index contributed by atoms with van der Waals surface area (Å²) in [6.45, 7) is 0.448. The van der Waals surface area contributed by atoms with Crippen molar-refractivity contribution in [1.82, 2.24) is 4.90 Å². The van der Waals surface area contributed by atoms with Crippen LogP contribution in [0.5, 0.6) is 11.5 Å². The number of ether oxygens (including phenoxy) is 3. The van der Waals surface area contributed by atoms with E-state index in [-0.39, 0.29) is 25.5 Å². The topological polar surface area (TPSA) is 65.1 Å². The number of thioether (sulfide) groups is 1. The Morgan fingerprint density at radius 2 is 2.03 bits per heavy atom. The van der Waals surface area contributed by atoms with E-state index in [1.54, 1.807) is 25.3 Å².